The zero-order chi connectivity index (χ0) is 23.4. The van der Waals surface area contributed by atoms with Gasteiger partial charge in [0.25, 0.3) is 11.8 Å². The Kier molecular flexibility index (Phi) is 7.37. The third-order valence-electron chi connectivity index (χ3n) is 4.58. The molecule has 1 aliphatic rings. The molecule has 2 aromatic rings. The van der Waals surface area contributed by atoms with E-state index < -0.39 is 11.8 Å². The summed E-state index contributed by atoms with van der Waals surface area (Å²) in [7, 11) is 4.52. The number of hydrogen-bond donors (Lipinski definition) is 1. The van der Waals surface area contributed by atoms with Crippen LogP contribution in [-0.2, 0) is 9.59 Å². The molecule has 1 aliphatic heterocycles. The molecule has 0 saturated carbocycles. The number of nitrogens with zero attached hydrogens (tertiary/aromatic N) is 1. The lowest BCUT2D eigenvalue weighted by Gasteiger charge is -2.30. The van der Waals surface area contributed by atoms with Crippen molar-refractivity contribution in [3.8, 4) is 23.0 Å². The van der Waals surface area contributed by atoms with Crippen molar-refractivity contribution in [3.63, 3.8) is 0 Å². The van der Waals surface area contributed by atoms with Crippen molar-refractivity contribution in [1.29, 1.82) is 0 Å². The molecule has 0 aliphatic carbocycles. The summed E-state index contributed by atoms with van der Waals surface area (Å²) in [5, 5.41) is 2.51. The molecule has 3 rings (SSSR count). The molecule has 2 amide bonds. The fraction of sp³-hybridized carbons (Fsp3) is 0.227. The monoisotopic (exact) mass is 520 g/mol. The number of anilines is 1. The van der Waals surface area contributed by atoms with Crippen LogP contribution in [-0.4, -0.2) is 44.9 Å². The van der Waals surface area contributed by atoms with E-state index in [1.54, 1.807) is 30.3 Å². The van der Waals surface area contributed by atoms with Gasteiger partial charge < -0.3 is 18.9 Å². The molecule has 0 spiro atoms. The minimum Gasteiger partial charge on any atom is -0.497 e. The van der Waals surface area contributed by atoms with Gasteiger partial charge in [0, 0.05) is 6.07 Å². The average Bonchev–Trinajstić information content (AvgIpc) is 2.76. The highest BCUT2D eigenvalue weighted by Gasteiger charge is 2.36. The number of nitrogens with one attached hydrogen (secondary N) is 1. The van der Waals surface area contributed by atoms with Crippen molar-refractivity contribution in [3.05, 3.63) is 45.9 Å². The fourth-order valence-electron chi connectivity index (χ4n) is 3.14. The number of amides is 2. The first-order valence-corrected chi connectivity index (χ1v) is 10.7. The van der Waals surface area contributed by atoms with E-state index in [0.717, 1.165) is 0 Å². The Morgan fingerprint density at radius 3 is 2.44 bits per heavy atom. The highest BCUT2D eigenvalue weighted by molar-refractivity contribution is 9.10. The van der Waals surface area contributed by atoms with E-state index in [1.165, 1.54) is 32.3 Å². The van der Waals surface area contributed by atoms with Crippen LogP contribution in [0.3, 0.4) is 0 Å². The first kappa shape index (κ1) is 23.6. The smallest absolute Gasteiger partial charge is 0.270 e. The normalized spacial score (nSPS) is 15.0. The SMILES string of the molecule is CCOc1cc(/C=C2\C(=O)NC(=S)N(c3ccc(OC)cc3OC)C2=O)cc(Br)c1OC. The summed E-state index contributed by atoms with van der Waals surface area (Å²) >= 11 is 8.71. The summed E-state index contributed by atoms with van der Waals surface area (Å²) in [5.74, 6) is 0.706. The third kappa shape index (κ3) is 4.56. The zero-order valence-corrected chi connectivity index (χ0v) is 20.3. The lowest BCUT2D eigenvalue weighted by atomic mass is 10.1. The van der Waals surface area contributed by atoms with E-state index in [2.05, 4.69) is 21.2 Å². The Morgan fingerprint density at radius 1 is 1.06 bits per heavy atom. The minimum absolute atomic E-state index is 0.0495. The molecular formula is C22H21BrN2O6S. The zero-order valence-electron chi connectivity index (χ0n) is 17.9. The van der Waals surface area contributed by atoms with Crippen LogP contribution in [0.2, 0.25) is 0 Å². The number of carbonyl (C=O) groups excluding carboxylic acids is 2. The molecule has 8 nitrogen and oxygen atoms in total. The maximum Gasteiger partial charge on any atom is 0.270 e. The maximum atomic E-state index is 13.3. The summed E-state index contributed by atoms with van der Waals surface area (Å²) < 4.78 is 22.2. The highest BCUT2D eigenvalue weighted by atomic mass is 79.9. The van der Waals surface area contributed by atoms with Gasteiger partial charge in [0.05, 0.1) is 38.1 Å². The van der Waals surface area contributed by atoms with Crippen molar-refractivity contribution in [2.75, 3.05) is 32.8 Å². The molecule has 1 N–H and O–H groups in total. The second-order valence-corrected chi connectivity index (χ2v) is 7.70. The van der Waals surface area contributed by atoms with Crippen LogP contribution < -0.4 is 29.2 Å². The maximum absolute atomic E-state index is 13.3. The van der Waals surface area contributed by atoms with Gasteiger partial charge in [-0.15, -0.1) is 0 Å². The number of hydrogen-bond acceptors (Lipinski definition) is 7. The number of rotatable bonds is 7. The van der Waals surface area contributed by atoms with Gasteiger partial charge in [0.2, 0.25) is 0 Å². The third-order valence-corrected chi connectivity index (χ3v) is 5.45. The van der Waals surface area contributed by atoms with Crippen LogP contribution in [0.1, 0.15) is 12.5 Å². The Balaban J connectivity index is 2.07. The molecule has 0 unspecified atom stereocenters. The minimum atomic E-state index is -0.603. The molecule has 32 heavy (non-hydrogen) atoms. The Labute approximate surface area is 199 Å². The number of benzene rings is 2. The van der Waals surface area contributed by atoms with Gasteiger partial charge in [-0.2, -0.15) is 0 Å². The largest absolute Gasteiger partial charge is 0.497 e. The first-order valence-electron chi connectivity index (χ1n) is 9.48. The van der Waals surface area contributed by atoms with E-state index in [0.29, 0.717) is 45.3 Å². The van der Waals surface area contributed by atoms with Crippen molar-refractivity contribution >= 4 is 56.8 Å². The molecule has 168 valence electrons. The molecule has 1 saturated heterocycles. The fourth-order valence-corrected chi connectivity index (χ4v) is 4.04. The van der Waals surface area contributed by atoms with E-state index in [1.807, 2.05) is 6.92 Å². The van der Waals surface area contributed by atoms with Gasteiger partial charge in [-0.1, -0.05) is 0 Å². The van der Waals surface area contributed by atoms with E-state index in [9.17, 15) is 9.59 Å². The summed E-state index contributed by atoms with van der Waals surface area (Å²) in [6.07, 6.45) is 1.47. The van der Waals surface area contributed by atoms with Crippen LogP contribution in [0.15, 0.2) is 40.4 Å². The Morgan fingerprint density at radius 2 is 1.81 bits per heavy atom. The van der Waals surface area contributed by atoms with Crippen molar-refractivity contribution in [2.45, 2.75) is 6.92 Å². The highest BCUT2D eigenvalue weighted by Crippen LogP contribution is 2.38. The lowest BCUT2D eigenvalue weighted by molar-refractivity contribution is -0.122. The molecule has 0 atom stereocenters. The Bertz CT molecular complexity index is 1120. The Hall–Kier alpha value is -3.11. The van der Waals surface area contributed by atoms with E-state index in [-0.39, 0.29) is 10.7 Å². The van der Waals surface area contributed by atoms with Crippen molar-refractivity contribution in [1.82, 2.24) is 5.32 Å². The van der Waals surface area contributed by atoms with Crippen LogP contribution in [0, 0.1) is 0 Å². The summed E-state index contributed by atoms with van der Waals surface area (Å²) in [6, 6.07) is 8.34. The predicted octanol–water partition coefficient (Wildman–Crippen LogP) is 3.70. The van der Waals surface area contributed by atoms with Crippen LogP contribution in [0.5, 0.6) is 23.0 Å². The standard InChI is InChI=1S/C22H21BrN2O6S/c1-5-31-18-10-12(9-15(23)19(18)30-4)8-14-20(26)24-22(32)25(21(14)27)16-7-6-13(28-2)11-17(16)29-3/h6-11H,5H2,1-4H3,(H,24,26,32)/b14-8+. The molecule has 0 radical (unpaired) electrons. The van der Waals surface area contributed by atoms with Gasteiger partial charge in [0.1, 0.15) is 17.1 Å². The number of ether oxygens (including phenoxy) is 4. The first-order chi connectivity index (χ1) is 15.3. The molecule has 0 aromatic heterocycles. The quantitative estimate of drug-likeness (QED) is 0.338. The predicted molar refractivity (Wildman–Crippen MR) is 128 cm³/mol. The molecule has 10 heteroatoms. The van der Waals surface area contributed by atoms with Gasteiger partial charge in [-0.3, -0.25) is 14.9 Å². The number of halogens is 1. The molecule has 2 aromatic carbocycles. The van der Waals surface area contributed by atoms with Crippen molar-refractivity contribution < 1.29 is 28.5 Å². The van der Waals surface area contributed by atoms with Crippen LogP contribution in [0.25, 0.3) is 6.08 Å². The second-order valence-electron chi connectivity index (χ2n) is 6.46. The summed E-state index contributed by atoms with van der Waals surface area (Å²) in [4.78, 5) is 27.2. The van der Waals surface area contributed by atoms with Gasteiger partial charge >= 0.3 is 0 Å². The van der Waals surface area contributed by atoms with E-state index >= 15 is 0 Å². The number of thiocarbonyl (C=S) groups is 1. The summed E-state index contributed by atoms with van der Waals surface area (Å²) in [6.45, 7) is 2.26. The lowest BCUT2D eigenvalue weighted by Crippen LogP contribution is -2.54. The molecule has 1 fully saturated rings. The topological polar surface area (TPSA) is 86.3 Å². The van der Waals surface area contributed by atoms with Gasteiger partial charge in [0.15, 0.2) is 16.6 Å². The second kappa shape index (κ2) is 10.0. The van der Waals surface area contributed by atoms with Gasteiger partial charge in [-0.25, -0.2) is 4.90 Å². The van der Waals surface area contributed by atoms with Crippen LogP contribution >= 0.6 is 28.1 Å². The van der Waals surface area contributed by atoms with Crippen molar-refractivity contribution in [2.24, 2.45) is 0 Å². The average molecular weight is 521 g/mol. The molecular weight excluding hydrogens is 500 g/mol. The molecule has 0 bridgehead atoms. The summed E-state index contributed by atoms with van der Waals surface area (Å²) in [5.41, 5.74) is 0.838. The van der Waals surface area contributed by atoms with E-state index in [4.69, 9.17) is 31.2 Å². The van der Waals surface area contributed by atoms with Gasteiger partial charge in [-0.05, 0) is 71.0 Å². The number of carbonyl (C=O) groups is 2. The number of methoxy groups -OCH3 is 3. The molecule has 1 heterocycles. The van der Waals surface area contributed by atoms with Crippen LogP contribution in [0.4, 0.5) is 5.69 Å².